The molecule has 1 unspecified atom stereocenters. The van der Waals surface area contributed by atoms with Gasteiger partial charge in [-0.2, -0.15) is 13.2 Å². The van der Waals surface area contributed by atoms with Gasteiger partial charge in [-0.25, -0.2) is 0 Å². The fraction of sp³-hybridized carbons (Fsp3) is 0.524. The third-order valence-electron chi connectivity index (χ3n) is 5.98. The Morgan fingerprint density at radius 1 is 1.10 bits per heavy atom. The molecule has 2 fully saturated rings. The summed E-state index contributed by atoms with van der Waals surface area (Å²) in [6.45, 7) is -0.676. The number of Topliss-reactive ketones (excluding diaryl/α,β-unsaturated/α-hetero) is 1. The number of rotatable bonds is 5. The number of hydrogen-bond acceptors (Lipinski definition) is 4. The van der Waals surface area contributed by atoms with Crippen molar-refractivity contribution >= 4 is 23.6 Å². The Hall–Kier alpha value is -2.91. The van der Waals surface area contributed by atoms with Crippen molar-refractivity contribution in [3.8, 4) is 0 Å². The van der Waals surface area contributed by atoms with Crippen LogP contribution in [0.1, 0.15) is 43.2 Å². The number of ketones is 1. The van der Waals surface area contributed by atoms with Gasteiger partial charge in [0, 0.05) is 18.5 Å². The molecule has 0 bridgehead atoms. The van der Waals surface area contributed by atoms with Crippen LogP contribution in [0, 0.1) is 11.3 Å². The molecule has 1 aliphatic carbocycles. The molecule has 0 radical (unpaired) electrons. The van der Waals surface area contributed by atoms with Gasteiger partial charge in [-0.05, 0) is 30.5 Å². The van der Waals surface area contributed by atoms with E-state index in [9.17, 15) is 32.3 Å². The van der Waals surface area contributed by atoms with Crippen LogP contribution in [0.15, 0.2) is 24.3 Å². The van der Waals surface area contributed by atoms with Crippen molar-refractivity contribution in [3.63, 3.8) is 0 Å². The number of likely N-dealkylation sites (tertiary alicyclic amines) is 1. The summed E-state index contributed by atoms with van der Waals surface area (Å²) < 4.78 is 38.4. The van der Waals surface area contributed by atoms with E-state index in [1.165, 1.54) is 17.0 Å². The largest absolute Gasteiger partial charge is 0.480 e. The van der Waals surface area contributed by atoms with E-state index in [0.717, 1.165) is 31.4 Å². The molecule has 10 heteroatoms. The summed E-state index contributed by atoms with van der Waals surface area (Å²) in [7, 11) is 0. The third-order valence-corrected chi connectivity index (χ3v) is 5.98. The van der Waals surface area contributed by atoms with Gasteiger partial charge in [0.25, 0.3) is 0 Å². The van der Waals surface area contributed by atoms with Crippen molar-refractivity contribution in [3.05, 3.63) is 35.4 Å². The summed E-state index contributed by atoms with van der Waals surface area (Å²) in [4.78, 5) is 50.8. The first-order chi connectivity index (χ1) is 14.5. The van der Waals surface area contributed by atoms with E-state index < -0.39 is 53.2 Å². The molecule has 1 saturated heterocycles. The van der Waals surface area contributed by atoms with Crippen molar-refractivity contribution in [2.45, 2.75) is 44.8 Å². The van der Waals surface area contributed by atoms with Crippen LogP contribution in [-0.4, -0.2) is 46.7 Å². The molecule has 168 valence electrons. The van der Waals surface area contributed by atoms with E-state index in [0.29, 0.717) is 18.4 Å². The molecule has 2 aliphatic rings. The molecular formula is C21H23F3N2O5. The van der Waals surface area contributed by atoms with E-state index >= 15 is 0 Å². The molecule has 1 atom stereocenters. The number of benzene rings is 1. The molecule has 1 aliphatic heterocycles. The highest BCUT2D eigenvalue weighted by Crippen LogP contribution is 2.43. The maximum atomic E-state index is 13.2. The number of aliphatic carboxylic acids is 1. The van der Waals surface area contributed by atoms with E-state index in [1.807, 2.05) is 0 Å². The van der Waals surface area contributed by atoms with Crippen molar-refractivity contribution in [1.29, 1.82) is 0 Å². The summed E-state index contributed by atoms with van der Waals surface area (Å²) in [6.07, 6.45) is -1.02. The number of carbonyl (C=O) groups is 4. The molecule has 1 saturated carbocycles. The Kier molecular flexibility index (Phi) is 6.38. The lowest BCUT2D eigenvalue weighted by Gasteiger charge is -2.46. The number of halogens is 3. The van der Waals surface area contributed by atoms with Gasteiger partial charge in [0.15, 0.2) is 11.7 Å². The van der Waals surface area contributed by atoms with E-state index in [2.05, 4.69) is 5.32 Å². The number of carboxylic acid groups (broad SMARTS) is 1. The molecule has 2 amide bonds. The average Bonchev–Trinajstić information content (AvgIpc) is 2.71. The second-order valence-corrected chi connectivity index (χ2v) is 8.14. The normalized spacial score (nSPS) is 21.3. The summed E-state index contributed by atoms with van der Waals surface area (Å²) in [6, 6.07) is 4.36. The number of carbonyl (C=O) groups excluding carboxylic acids is 3. The van der Waals surface area contributed by atoms with Crippen LogP contribution in [0.3, 0.4) is 0 Å². The van der Waals surface area contributed by atoms with Crippen LogP contribution in [0.5, 0.6) is 0 Å². The number of amides is 2. The molecule has 3 rings (SSSR count). The third kappa shape index (κ3) is 4.88. The first-order valence-electron chi connectivity index (χ1n) is 10.0. The fourth-order valence-corrected chi connectivity index (χ4v) is 4.40. The minimum absolute atomic E-state index is 0.0469. The second-order valence-electron chi connectivity index (χ2n) is 8.14. The number of nitrogens with zero attached hydrogens (tertiary/aromatic N) is 1. The van der Waals surface area contributed by atoms with Gasteiger partial charge < -0.3 is 15.3 Å². The molecule has 7 nitrogen and oxygen atoms in total. The molecule has 2 N–H and O–H groups in total. The zero-order valence-electron chi connectivity index (χ0n) is 16.7. The van der Waals surface area contributed by atoms with Gasteiger partial charge in [0.2, 0.25) is 11.8 Å². The van der Waals surface area contributed by atoms with Crippen LogP contribution < -0.4 is 5.32 Å². The zero-order valence-corrected chi connectivity index (χ0v) is 16.7. The second kappa shape index (κ2) is 8.68. The van der Waals surface area contributed by atoms with E-state index in [1.54, 1.807) is 0 Å². The monoisotopic (exact) mass is 440 g/mol. The number of carboxylic acids is 1. The highest BCUT2D eigenvalue weighted by atomic mass is 19.4. The maximum absolute atomic E-state index is 13.2. The fourth-order valence-electron chi connectivity index (χ4n) is 4.40. The first kappa shape index (κ1) is 22.8. The molecule has 0 aromatic heterocycles. The predicted molar refractivity (Wildman–Crippen MR) is 102 cm³/mol. The van der Waals surface area contributed by atoms with Crippen LogP contribution >= 0.6 is 0 Å². The highest BCUT2D eigenvalue weighted by Gasteiger charge is 2.54. The summed E-state index contributed by atoms with van der Waals surface area (Å²) in [5, 5.41) is 10.9. The first-order valence-corrected chi connectivity index (χ1v) is 10.0. The van der Waals surface area contributed by atoms with Crippen LogP contribution in [0.2, 0.25) is 0 Å². The van der Waals surface area contributed by atoms with Gasteiger partial charge >= 0.3 is 12.1 Å². The maximum Gasteiger partial charge on any atom is 0.416 e. The standard InChI is InChI=1S/C21H23F3N2O5/c22-21(23,24)14-6-4-13(5-7-14)11-26-12-20(8-2-1-3-9-20)17(29)16(19(26)31)18(30)25-10-15(27)28/h4-7,16H,1-3,8-12H2,(H,25,30)(H,27,28). The van der Waals surface area contributed by atoms with Crippen LogP contribution in [0.25, 0.3) is 0 Å². The smallest absolute Gasteiger partial charge is 0.416 e. The van der Waals surface area contributed by atoms with Gasteiger partial charge in [-0.15, -0.1) is 0 Å². The van der Waals surface area contributed by atoms with Crippen LogP contribution in [0.4, 0.5) is 13.2 Å². The lowest BCUT2D eigenvalue weighted by atomic mass is 9.65. The van der Waals surface area contributed by atoms with Crippen molar-refractivity contribution < 1.29 is 37.5 Å². The molecule has 1 aromatic carbocycles. The Bertz CT molecular complexity index is 876. The van der Waals surface area contributed by atoms with Gasteiger partial charge in [0.1, 0.15) is 6.54 Å². The van der Waals surface area contributed by atoms with Crippen molar-refractivity contribution in [2.75, 3.05) is 13.1 Å². The van der Waals surface area contributed by atoms with Crippen LogP contribution in [-0.2, 0) is 31.9 Å². The Balaban J connectivity index is 1.86. The van der Waals surface area contributed by atoms with E-state index in [4.69, 9.17) is 5.11 Å². The quantitative estimate of drug-likeness (QED) is 0.685. The Morgan fingerprint density at radius 2 is 1.71 bits per heavy atom. The molecule has 1 spiro atoms. The minimum Gasteiger partial charge on any atom is -0.480 e. The van der Waals surface area contributed by atoms with Crippen molar-refractivity contribution in [2.24, 2.45) is 11.3 Å². The molecule has 1 aromatic rings. The lowest BCUT2D eigenvalue weighted by molar-refractivity contribution is -0.161. The topological polar surface area (TPSA) is 104 Å². The lowest BCUT2D eigenvalue weighted by Crippen LogP contribution is -2.61. The Morgan fingerprint density at radius 3 is 2.26 bits per heavy atom. The number of alkyl halides is 3. The number of piperidine rings is 1. The molecule has 1 heterocycles. The average molecular weight is 440 g/mol. The van der Waals surface area contributed by atoms with Crippen molar-refractivity contribution in [1.82, 2.24) is 10.2 Å². The minimum atomic E-state index is -4.48. The Labute approximate surface area is 176 Å². The predicted octanol–water partition coefficient (Wildman–Crippen LogP) is 2.38. The number of nitrogens with one attached hydrogen (secondary N) is 1. The number of hydrogen-bond donors (Lipinski definition) is 2. The van der Waals surface area contributed by atoms with Gasteiger partial charge in [-0.1, -0.05) is 31.4 Å². The summed E-state index contributed by atoms with van der Waals surface area (Å²) in [5.74, 6) is -5.18. The molecular weight excluding hydrogens is 417 g/mol. The highest BCUT2D eigenvalue weighted by molar-refractivity contribution is 6.21. The van der Waals surface area contributed by atoms with Gasteiger partial charge in [0.05, 0.1) is 5.56 Å². The SMILES string of the molecule is O=C(O)CNC(=O)C1C(=O)N(Cc2ccc(C(F)(F)F)cc2)CC2(CCCCC2)C1=O. The summed E-state index contributed by atoms with van der Waals surface area (Å²) in [5.41, 5.74) is -1.28. The zero-order chi connectivity index (χ0) is 22.8. The summed E-state index contributed by atoms with van der Waals surface area (Å²) >= 11 is 0. The van der Waals surface area contributed by atoms with E-state index in [-0.39, 0.29) is 13.1 Å². The molecule has 31 heavy (non-hydrogen) atoms. The van der Waals surface area contributed by atoms with Gasteiger partial charge in [-0.3, -0.25) is 19.2 Å².